The normalized spacial score (nSPS) is 20.3. The molecule has 7 amide bonds. The van der Waals surface area contributed by atoms with Crippen molar-refractivity contribution >= 4 is 41.5 Å². The first-order chi connectivity index (χ1) is 32.2. The van der Waals surface area contributed by atoms with Crippen molar-refractivity contribution in [2.75, 3.05) is 67.2 Å². The van der Waals surface area contributed by atoms with Crippen LogP contribution in [0.15, 0.2) is 41.3 Å². The number of hydrogen-bond acceptors (Lipinski definition) is 13. The van der Waals surface area contributed by atoms with Crippen LogP contribution >= 0.6 is 0 Å². The number of nitrogens with one attached hydrogen (secondary N) is 2. The molecule has 1 aromatic heterocycles. The number of pyridine rings is 1. The van der Waals surface area contributed by atoms with E-state index in [4.69, 9.17) is 18.9 Å². The number of aromatic nitrogens is 1. The lowest BCUT2D eigenvalue weighted by atomic mass is 9.87. The van der Waals surface area contributed by atoms with Gasteiger partial charge in [-0.3, -0.25) is 43.9 Å². The number of aryl methyl sites for hydroxylation is 1. The summed E-state index contributed by atoms with van der Waals surface area (Å²) in [6, 6.07) is 5.31. The van der Waals surface area contributed by atoms with Crippen molar-refractivity contribution in [1.82, 2.24) is 34.8 Å². The van der Waals surface area contributed by atoms with Gasteiger partial charge in [-0.2, -0.15) is 0 Å². The van der Waals surface area contributed by atoms with E-state index in [9.17, 15) is 43.5 Å². The fourth-order valence-electron chi connectivity index (χ4n) is 10.1. The lowest BCUT2D eigenvalue weighted by Crippen LogP contribution is -2.57. The highest BCUT2D eigenvalue weighted by Gasteiger charge is 2.47. The number of carbonyl (C=O) groups excluding carboxylic acids is 6. The molecular formula is C47H55N7O13. The standard InChI is InChI=1S/C47H55N7O13/c1-48-46(63)53-16-13-28-30(24-50(2)43(59)39(28)40(53)45(61)62)27-22-34(64-3)31(35(23-27)65-4)25-51-17-14-47(15-18-51)26-52(19-21-67-47)37(56)10-5-6-20-66-33-9-7-8-29-38(33)44(60)54(42(29)58)32-11-12-36(55)49-41(32)57/h7-9,22-24,32,40H,5-6,10-21,25-26H2,1-4H3,(H,48,63)(H,61,62)(H,49,55,57). The molecule has 0 bridgehead atoms. The third-order valence-electron chi connectivity index (χ3n) is 13.6. The molecule has 20 nitrogen and oxygen atoms in total. The summed E-state index contributed by atoms with van der Waals surface area (Å²) in [5, 5.41) is 14.9. The van der Waals surface area contributed by atoms with E-state index in [1.165, 1.54) is 17.7 Å². The number of carboxylic acids is 1. The van der Waals surface area contributed by atoms with Crippen LogP contribution < -0.4 is 30.4 Å². The number of ether oxygens (including phenoxy) is 4. The first-order valence-corrected chi connectivity index (χ1v) is 22.5. The maximum Gasteiger partial charge on any atom is 0.331 e. The second kappa shape index (κ2) is 19.2. The Morgan fingerprint density at radius 1 is 0.925 bits per heavy atom. The van der Waals surface area contributed by atoms with Crippen LogP contribution in [0.5, 0.6) is 17.2 Å². The zero-order valence-electron chi connectivity index (χ0n) is 38.0. The minimum Gasteiger partial charge on any atom is -0.496 e. The van der Waals surface area contributed by atoms with Gasteiger partial charge in [0.25, 0.3) is 17.4 Å². The fourth-order valence-corrected chi connectivity index (χ4v) is 10.1. The highest BCUT2D eigenvalue weighted by atomic mass is 16.5. The van der Waals surface area contributed by atoms with Crippen LogP contribution in [0.1, 0.15) is 88.4 Å². The molecule has 5 aliphatic rings. The average Bonchev–Trinajstić information content (AvgIpc) is 3.58. The molecule has 0 radical (unpaired) electrons. The van der Waals surface area contributed by atoms with E-state index in [0.29, 0.717) is 99.6 Å². The largest absolute Gasteiger partial charge is 0.496 e. The number of rotatable bonds is 13. The van der Waals surface area contributed by atoms with Crippen LogP contribution in [-0.2, 0) is 43.9 Å². The van der Waals surface area contributed by atoms with Crippen LogP contribution in [-0.4, -0.2) is 150 Å². The van der Waals surface area contributed by atoms with Gasteiger partial charge in [0, 0.05) is 78.0 Å². The Balaban J connectivity index is 0.862. The lowest BCUT2D eigenvalue weighted by molar-refractivity contribution is -0.159. The van der Waals surface area contributed by atoms with Crippen LogP contribution in [0.3, 0.4) is 0 Å². The van der Waals surface area contributed by atoms with E-state index >= 15 is 0 Å². The predicted octanol–water partition coefficient (Wildman–Crippen LogP) is 2.24. The molecule has 8 rings (SSSR count). The Bertz CT molecular complexity index is 2560. The van der Waals surface area contributed by atoms with E-state index in [0.717, 1.165) is 15.4 Å². The molecule has 0 aliphatic carbocycles. The zero-order valence-corrected chi connectivity index (χ0v) is 38.0. The van der Waals surface area contributed by atoms with Gasteiger partial charge in [0.2, 0.25) is 17.7 Å². The average molecular weight is 926 g/mol. The number of morpholine rings is 1. The lowest BCUT2D eigenvalue weighted by Gasteiger charge is -2.47. The summed E-state index contributed by atoms with van der Waals surface area (Å²) in [5.74, 6) is -2.33. The molecule has 2 atom stereocenters. The predicted molar refractivity (Wildman–Crippen MR) is 238 cm³/mol. The molecule has 6 heterocycles. The smallest absolute Gasteiger partial charge is 0.331 e. The molecule has 2 aromatic carbocycles. The van der Waals surface area contributed by atoms with Gasteiger partial charge < -0.3 is 43.7 Å². The van der Waals surface area contributed by atoms with Gasteiger partial charge in [-0.15, -0.1) is 0 Å². The zero-order chi connectivity index (χ0) is 47.7. The molecular weight excluding hydrogens is 871 g/mol. The molecule has 2 unspecified atom stereocenters. The second-order valence-corrected chi connectivity index (χ2v) is 17.5. The molecule has 3 saturated heterocycles. The summed E-state index contributed by atoms with van der Waals surface area (Å²) in [7, 11) is 6.10. The summed E-state index contributed by atoms with van der Waals surface area (Å²) < 4.78 is 25.5. The van der Waals surface area contributed by atoms with E-state index in [-0.39, 0.29) is 60.8 Å². The van der Waals surface area contributed by atoms with Crippen molar-refractivity contribution in [1.29, 1.82) is 0 Å². The fraction of sp³-hybridized carbons (Fsp3) is 0.489. The molecule has 3 fully saturated rings. The van der Waals surface area contributed by atoms with Crippen molar-refractivity contribution in [2.24, 2.45) is 7.05 Å². The minimum absolute atomic E-state index is 0.0166. The number of aliphatic carboxylic acids is 1. The molecule has 356 valence electrons. The Labute approximate surface area is 386 Å². The summed E-state index contributed by atoms with van der Waals surface area (Å²) in [4.78, 5) is 109. The van der Waals surface area contributed by atoms with Crippen molar-refractivity contribution in [3.8, 4) is 28.4 Å². The number of imide groups is 2. The number of hydrogen-bond donors (Lipinski definition) is 3. The van der Waals surface area contributed by atoms with Crippen LogP contribution in [0.25, 0.3) is 11.1 Å². The van der Waals surface area contributed by atoms with Crippen LogP contribution in [0.2, 0.25) is 0 Å². The molecule has 1 spiro atoms. The number of piperidine rings is 2. The Morgan fingerprint density at radius 3 is 2.33 bits per heavy atom. The van der Waals surface area contributed by atoms with Gasteiger partial charge in [-0.05, 0) is 73.9 Å². The number of unbranched alkanes of at least 4 members (excludes halogenated alkanes) is 1. The van der Waals surface area contributed by atoms with Gasteiger partial charge in [-0.25, -0.2) is 9.59 Å². The maximum atomic E-state index is 13.5. The van der Waals surface area contributed by atoms with Crippen molar-refractivity contribution < 1.29 is 57.6 Å². The highest BCUT2D eigenvalue weighted by molar-refractivity contribution is 6.24. The monoisotopic (exact) mass is 925 g/mol. The van der Waals surface area contributed by atoms with Gasteiger partial charge in [0.15, 0.2) is 6.04 Å². The maximum absolute atomic E-state index is 13.5. The Morgan fingerprint density at radius 2 is 1.66 bits per heavy atom. The molecule has 3 aromatic rings. The first-order valence-electron chi connectivity index (χ1n) is 22.5. The summed E-state index contributed by atoms with van der Waals surface area (Å²) in [6.07, 6.45) is 4.76. The van der Waals surface area contributed by atoms with Crippen molar-refractivity contribution in [3.05, 3.63) is 74.7 Å². The minimum atomic E-state index is -1.46. The summed E-state index contributed by atoms with van der Waals surface area (Å²) in [6.45, 7) is 3.54. The molecule has 3 N–H and O–H groups in total. The number of urea groups is 1. The Kier molecular flexibility index (Phi) is 13.4. The number of carboxylic acid groups (broad SMARTS) is 1. The van der Waals surface area contributed by atoms with Gasteiger partial charge in [0.05, 0.1) is 55.3 Å². The molecule has 67 heavy (non-hydrogen) atoms. The number of benzene rings is 2. The third kappa shape index (κ3) is 8.94. The van der Waals surface area contributed by atoms with Gasteiger partial charge in [0.1, 0.15) is 23.3 Å². The quantitative estimate of drug-likeness (QED) is 0.165. The van der Waals surface area contributed by atoms with Crippen LogP contribution in [0.4, 0.5) is 4.79 Å². The first kappa shape index (κ1) is 46.7. The number of fused-ring (bicyclic) bond motifs is 2. The topological polar surface area (TPSA) is 236 Å². The van der Waals surface area contributed by atoms with Crippen molar-refractivity contribution in [3.63, 3.8) is 0 Å². The molecule has 0 saturated carbocycles. The summed E-state index contributed by atoms with van der Waals surface area (Å²) >= 11 is 0. The molecule has 5 aliphatic heterocycles. The van der Waals surface area contributed by atoms with Gasteiger partial charge in [-0.1, -0.05) is 6.07 Å². The van der Waals surface area contributed by atoms with Crippen molar-refractivity contribution in [2.45, 2.75) is 75.6 Å². The van der Waals surface area contributed by atoms with E-state index in [2.05, 4.69) is 15.5 Å². The number of amides is 7. The SMILES string of the molecule is CNC(=O)N1CCc2c(-c3cc(OC)c(CN4CCC5(CC4)CN(C(=O)CCCCOc4cccc6c4C(=O)N(C4CCC(=O)NC4=O)C6=O)CCO5)c(OC)c3)cn(C)c(=O)c2C1C(=O)O. The van der Waals surface area contributed by atoms with Gasteiger partial charge >= 0.3 is 12.0 Å². The second-order valence-electron chi connectivity index (χ2n) is 17.5. The summed E-state index contributed by atoms with van der Waals surface area (Å²) in [5.41, 5.74) is 1.95. The Hall–Kier alpha value is -6.80. The number of methoxy groups -OCH3 is 2. The molecule has 20 heteroatoms. The van der Waals surface area contributed by atoms with E-state index < -0.39 is 58.9 Å². The van der Waals surface area contributed by atoms with E-state index in [1.54, 1.807) is 39.6 Å². The number of likely N-dealkylation sites (tertiary alicyclic amines) is 1. The number of carbonyl (C=O) groups is 7. The van der Waals surface area contributed by atoms with E-state index in [1.807, 2.05) is 17.0 Å². The third-order valence-corrected chi connectivity index (χ3v) is 13.6. The van der Waals surface area contributed by atoms with Crippen LogP contribution in [0, 0.1) is 0 Å². The highest BCUT2D eigenvalue weighted by Crippen LogP contribution is 2.41. The number of nitrogens with zero attached hydrogens (tertiary/aromatic N) is 5.